The second-order valence-electron chi connectivity index (χ2n) is 4.96. The molecule has 3 aromatic rings. The lowest BCUT2D eigenvalue weighted by molar-refractivity contribution is 0.414. The predicted octanol–water partition coefficient (Wildman–Crippen LogP) is 4.45. The number of fused-ring (bicyclic) bond motifs is 1. The summed E-state index contributed by atoms with van der Waals surface area (Å²) >= 11 is 3.57. The summed E-state index contributed by atoms with van der Waals surface area (Å²) in [7, 11) is 1.66. The summed E-state index contributed by atoms with van der Waals surface area (Å²) in [5.74, 6) is 0.831. The van der Waals surface area contributed by atoms with Gasteiger partial charge in [0.2, 0.25) is 0 Å². The summed E-state index contributed by atoms with van der Waals surface area (Å²) in [5, 5.41) is 1.07. The molecule has 108 valence electrons. The van der Waals surface area contributed by atoms with Crippen LogP contribution in [0.1, 0.15) is 17.2 Å². The fraction of sp³-hybridized carbons (Fsp3) is 0.176. The number of hydrogen-bond acceptors (Lipinski definition) is 3. The molecule has 0 aliphatic heterocycles. The number of halogens is 1. The maximum absolute atomic E-state index is 6.38. The van der Waals surface area contributed by atoms with Gasteiger partial charge in [-0.2, -0.15) is 0 Å². The number of rotatable bonds is 4. The lowest BCUT2D eigenvalue weighted by Gasteiger charge is -2.13. The minimum absolute atomic E-state index is 0.128. The van der Waals surface area contributed by atoms with Crippen LogP contribution in [0, 0.1) is 0 Å². The van der Waals surface area contributed by atoms with Gasteiger partial charge >= 0.3 is 0 Å². The average Bonchev–Trinajstić information content (AvgIpc) is 2.93. The highest BCUT2D eigenvalue weighted by Gasteiger charge is 2.15. The Bertz CT molecular complexity index is 766. The summed E-state index contributed by atoms with van der Waals surface area (Å²) in [5.41, 5.74) is 9.39. The molecule has 4 heteroatoms. The molecule has 3 nitrogen and oxygen atoms in total. The normalized spacial score (nSPS) is 12.5. The summed E-state index contributed by atoms with van der Waals surface area (Å²) in [4.78, 5) is 0. The molecule has 0 saturated heterocycles. The van der Waals surface area contributed by atoms with Crippen molar-refractivity contribution in [1.82, 2.24) is 0 Å². The first-order valence-electron chi connectivity index (χ1n) is 6.73. The number of methoxy groups -OCH3 is 1. The van der Waals surface area contributed by atoms with Crippen molar-refractivity contribution in [3.05, 3.63) is 64.3 Å². The molecule has 0 bridgehead atoms. The summed E-state index contributed by atoms with van der Waals surface area (Å²) in [6.45, 7) is 0. The van der Waals surface area contributed by atoms with Crippen molar-refractivity contribution in [2.45, 2.75) is 12.5 Å². The molecule has 0 aliphatic rings. The van der Waals surface area contributed by atoms with Crippen molar-refractivity contribution in [2.24, 2.45) is 5.73 Å². The van der Waals surface area contributed by atoms with E-state index < -0.39 is 0 Å². The molecule has 21 heavy (non-hydrogen) atoms. The zero-order valence-electron chi connectivity index (χ0n) is 11.7. The van der Waals surface area contributed by atoms with Crippen LogP contribution < -0.4 is 10.5 Å². The molecule has 0 spiro atoms. The van der Waals surface area contributed by atoms with Gasteiger partial charge in [-0.25, -0.2) is 0 Å². The Kier molecular flexibility index (Phi) is 3.99. The van der Waals surface area contributed by atoms with Gasteiger partial charge in [0.15, 0.2) is 0 Å². The molecule has 0 radical (unpaired) electrons. The van der Waals surface area contributed by atoms with Crippen molar-refractivity contribution in [1.29, 1.82) is 0 Å². The van der Waals surface area contributed by atoms with Crippen molar-refractivity contribution in [2.75, 3.05) is 7.11 Å². The molecular formula is C17H16BrNO2. The van der Waals surface area contributed by atoms with E-state index in [-0.39, 0.29) is 6.04 Å². The lowest BCUT2D eigenvalue weighted by Crippen LogP contribution is -2.13. The van der Waals surface area contributed by atoms with Crippen molar-refractivity contribution < 1.29 is 9.15 Å². The molecule has 1 aromatic heterocycles. The Hall–Kier alpha value is -1.78. The Balaban J connectivity index is 1.91. The Morgan fingerprint density at radius 3 is 2.86 bits per heavy atom. The average molecular weight is 346 g/mol. The van der Waals surface area contributed by atoms with Gasteiger partial charge < -0.3 is 14.9 Å². The number of ether oxygens (including phenoxy) is 1. The van der Waals surface area contributed by atoms with Gasteiger partial charge in [0, 0.05) is 21.5 Å². The highest BCUT2D eigenvalue weighted by Crippen LogP contribution is 2.30. The van der Waals surface area contributed by atoms with Crippen LogP contribution in [0.5, 0.6) is 5.75 Å². The number of nitrogens with two attached hydrogens (primary N) is 1. The van der Waals surface area contributed by atoms with Gasteiger partial charge in [0.25, 0.3) is 0 Å². The fourth-order valence-electron chi connectivity index (χ4n) is 2.47. The fourth-order valence-corrected chi connectivity index (χ4v) is 2.88. The van der Waals surface area contributed by atoms with Gasteiger partial charge in [-0.3, -0.25) is 0 Å². The smallest absolute Gasteiger partial charge is 0.134 e. The molecule has 0 aliphatic carbocycles. The van der Waals surface area contributed by atoms with Gasteiger partial charge in [-0.15, -0.1) is 0 Å². The minimum atomic E-state index is -0.128. The summed E-state index contributed by atoms with van der Waals surface area (Å²) in [6, 6.07) is 13.7. The largest absolute Gasteiger partial charge is 0.497 e. The van der Waals surface area contributed by atoms with Crippen molar-refractivity contribution in [3.63, 3.8) is 0 Å². The van der Waals surface area contributed by atoms with E-state index >= 15 is 0 Å². The first-order valence-corrected chi connectivity index (χ1v) is 7.52. The van der Waals surface area contributed by atoms with Crippen LogP contribution in [-0.4, -0.2) is 7.11 Å². The van der Waals surface area contributed by atoms with E-state index in [0.717, 1.165) is 32.3 Å². The third kappa shape index (κ3) is 2.82. The van der Waals surface area contributed by atoms with E-state index in [1.807, 2.05) is 42.5 Å². The van der Waals surface area contributed by atoms with Crippen LogP contribution in [0.2, 0.25) is 0 Å². The molecule has 1 heterocycles. The molecule has 0 saturated carbocycles. The predicted molar refractivity (Wildman–Crippen MR) is 87.5 cm³/mol. The van der Waals surface area contributed by atoms with Gasteiger partial charge in [-0.1, -0.05) is 34.1 Å². The standard InChI is InChI=1S/C17H16BrNO2/c1-20-12-6-7-15(18)11(8-12)9-16(19)14-10-21-17-5-3-2-4-13(14)17/h2-8,10,16H,9,19H2,1H3. The quantitative estimate of drug-likeness (QED) is 0.759. The van der Waals surface area contributed by atoms with Gasteiger partial charge in [0.05, 0.1) is 13.4 Å². The topological polar surface area (TPSA) is 48.4 Å². The first-order chi connectivity index (χ1) is 10.2. The Morgan fingerprint density at radius 1 is 1.24 bits per heavy atom. The Morgan fingerprint density at radius 2 is 2.05 bits per heavy atom. The molecule has 0 fully saturated rings. The third-order valence-electron chi connectivity index (χ3n) is 3.60. The van der Waals surface area contributed by atoms with Crippen LogP contribution in [0.3, 0.4) is 0 Å². The van der Waals surface area contributed by atoms with Crippen molar-refractivity contribution >= 4 is 26.9 Å². The van der Waals surface area contributed by atoms with E-state index in [1.54, 1.807) is 13.4 Å². The zero-order valence-corrected chi connectivity index (χ0v) is 13.3. The number of benzene rings is 2. The van der Waals surface area contributed by atoms with Crippen LogP contribution in [0.15, 0.2) is 57.6 Å². The Labute approximate surface area is 131 Å². The van der Waals surface area contributed by atoms with Crippen LogP contribution in [0.25, 0.3) is 11.0 Å². The maximum atomic E-state index is 6.38. The maximum Gasteiger partial charge on any atom is 0.134 e. The van der Waals surface area contributed by atoms with E-state index in [1.165, 1.54) is 0 Å². The van der Waals surface area contributed by atoms with Crippen LogP contribution in [0.4, 0.5) is 0 Å². The summed E-state index contributed by atoms with van der Waals surface area (Å²) in [6.07, 6.45) is 2.46. The molecule has 2 aromatic carbocycles. The van der Waals surface area contributed by atoms with E-state index in [4.69, 9.17) is 14.9 Å². The van der Waals surface area contributed by atoms with E-state index in [0.29, 0.717) is 6.42 Å². The molecular weight excluding hydrogens is 330 g/mol. The second-order valence-corrected chi connectivity index (χ2v) is 5.81. The molecule has 2 N–H and O–H groups in total. The van der Waals surface area contributed by atoms with Gasteiger partial charge in [-0.05, 0) is 36.2 Å². The molecule has 3 rings (SSSR count). The minimum Gasteiger partial charge on any atom is -0.497 e. The highest BCUT2D eigenvalue weighted by atomic mass is 79.9. The zero-order chi connectivity index (χ0) is 14.8. The molecule has 0 amide bonds. The first kappa shape index (κ1) is 14.2. The lowest BCUT2D eigenvalue weighted by atomic mass is 9.99. The molecule has 1 unspecified atom stereocenters. The monoisotopic (exact) mass is 345 g/mol. The SMILES string of the molecule is COc1ccc(Br)c(CC(N)c2coc3ccccc23)c1. The third-order valence-corrected chi connectivity index (χ3v) is 4.38. The van der Waals surface area contributed by atoms with E-state index in [2.05, 4.69) is 15.9 Å². The number of furan rings is 1. The summed E-state index contributed by atoms with van der Waals surface area (Å²) < 4.78 is 11.9. The number of para-hydroxylation sites is 1. The van der Waals surface area contributed by atoms with Gasteiger partial charge in [0.1, 0.15) is 11.3 Å². The molecule has 1 atom stereocenters. The van der Waals surface area contributed by atoms with Crippen LogP contribution in [-0.2, 0) is 6.42 Å². The number of hydrogen-bond donors (Lipinski definition) is 1. The van der Waals surface area contributed by atoms with E-state index in [9.17, 15) is 0 Å². The van der Waals surface area contributed by atoms with Crippen LogP contribution >= 0.6 is 15.9 Å². The highest BCUT2D eigenvalue weighted by molar-refractivity contribution is 9.10. The second kappa shape index (κ2) is 5.92. The van der Waals surface area contributed by atoms with Crippen molar-refractivity contribution in [3.8, 4) is 5.75 Å².